The van der Waals surface area contributed by atoms with Crippen LogP contribution in [0.3, 0.4) is 0 Å². The molecule has 0 radical (unpaired) electrons. The highest BCUT2D eigenvalue weighted by molar-refractivity contribution is 5.74. The number of carbonyl (C=O) groups excluding carboxylic acids is 1. The van der Waals surface area contributed by atoms with Gasteiger partial charge in [0.1, 0.15) is 0 Å². The summed E-state index contributed by atoms with van der Waals surface area (Å²) < 4.78 is 5.48. The summed E-state index contributed by atoms with van der Waals surface area (Å²) in [6.45, 7) is 5.94. The van der Waals surface area contributed by atoms with E-state index in [1.54, 1.807) is 6.20 Å². The number of piperidine rings is 1. The molecule has 1 N–H and O–H groups in total. The van der Waals surface area contributed by atoms with Crippen LogP contribution >= 0.6 is 0 Å². The molecule has 1 aromatic rings. The highest BCUT2D eigenvalue weighted by Gasteiger charge is 2.38. The van der Waals surface area contributed by atoms with Crippen molar-refractivity contribution in [3.8, 4) is 0 Å². The van der Waals surface area contributed by atoms with E-state index >= 15 is 0 Å². The Kier molecular flexibility index (Phi) is 4.62. The van der Waals surface area contributed by atoms with E-state index in [4.69, 9.17) is 4.74 Å². The van der Waals surface area contributed by atoms with Crippen LogP contribution in [0, 0.1) is 12.3 Å². The second-order valence-electron chi connectivity index (χ2n) is 6.60. The molecule has 0 aliphatic carbocycles. The van der Waals surface area contributed by atoms with Gasteiger partial charge in [-0.1, -0.05) is 0 Å². The normalized spacial score (nSPS) is 20.9. The molecule has 22 heavy (non-hydrogen) atoms. The summed E-state index contributed by atoms with van der Waals surface area (Å²) in [6, 6.07) is 4.01. The highest BCUT2D eigenvalue weighted by Crippen LogP contribution is 2.39. The molecule has 1 spiro atoms. The third-order valence-electron chi connectivity index (χ3n) is 4.91. The zero-order valence-corrected chi connectivity index (χ0v) is 13.3. The standard InChI is InChI=1S/C17H25N3O2/c1-14-11-15(3-7-18-14)12-19-16(21)20-8-2-4-17(13-20)5-9-22-10-6-17/h3,7,11H,2,4-6,8-10,12-13H2,1H3,(H,19,21). The zero-order valence-electron chi connectivity index (χ0n) is 13.3. The van der Waals surface area contributed by atoms with E-state index in [0.717, 1.165) is 56.8 Å². The van der Waals surface area contributed by atoms with Crippen molar-refractivity contribution in [3.63, 3.8) is 0 Å². The number of rotatable bonds is 2. The van der Waals surface area contributed by atoms with E-state index in [1.807, 2.05) is 24.0 Å². The number of aromatic nitrogens is 1. The van der Waals surface area contributed by atoms with Gasteiger partial charge in [0.25, 0.3) is 0 Å². The number of carbonyl (C=O) groups is 1. The fourth-order valence-corrected chi connectivity index (χ4v) is 3.60. The van der Waals surface area contributed by atoms with Crippen LogP contribution in [0.5, 0.6) is 0 Å². The van der Waals surface area contributed by atoms with Gasteiger partial charge >= 0.3 is 6.03 Å². The van der Waals surface area contributed by atoms with Gasteiger partial charge in [0.2, 0.25) is 0 Å². The van der Waals surface area contributed by atoms with Gasteiger partial charge in [-0.3, -0.25) is 4.98 Å². The molecule has 0 bridgehead atoms. The van der Waals surface area contributed by atoms with Gasteiger partial charge in [0.15, 0.2) is 0 Å². The van der Waals surface area contributed by atoms with Crippen molar-refractivity contribution in [3.05, 3.63) is 29.6 Å². The van der Waals surface area contributed by atoms with E-state index < -0.39 is 0 Å². The Labute approximate surface area is 132 Å². The number of nitrogens with zero attached hydrogens (tertiary/aromatic N) is 2. The molecule has 120 valence electrons. The van der Waals surface area contributed by atoms with Crippen molar-refractivity contribution in [2.24, 2.45) is 5.41 Å². The summed E-state index contributed by atoms with van der Waals surface area (Å²) in [7, 11) is 0. The molecule has 5 nitrogen and oxygen atoms in total. The van der Waals surface area contributed by atoms with Crippen molar-refractivity contribution in [1.29, 1.82) is 0 Å². The topological polar surface area (TPSA) is 54.5 Å². The van der Waals surface area contributed by atoms with E-state index in [9.17, 15) is 4.79 Å². The number of hydrogen-bond donors (Lipinski definition) is 1. The van der Waals surface area contributed by atoms with Gasteiger partial charge < -0.3 is 15.0 Å². The van der Waals surface area contributed by atoms with Crippen LogP contribution in [0.25, 0.3) is 0 Å². The molecule has 2 aliphatic rings. The molecular weight excluding hydrogens is 278 g/mol. The minimum Gasteiger partial charge on any atom is -0.381 e. The lowest BCUT2D eigenvalue weighted by Gasteiger charge is -2.45. The van der Waals surface area contributed by atoms with Crippen LogP contribution in [-0.4, -0.2) is 42.2 Å². The second-order valence-corrected chi connectivity index (χ2v) is 6.60. The van der Waals surface area contributed by atoms with Crippen molar-refractivity contribution < 1.29 is 9.53 Å². The Hall–Kier alpha value is -1.62. The number of ether oxygens (including phenoxy) is 1. The number of amides is 2. The number of aryl methyl sites for hydroxylation is 1. The molecule has 1 aromatic heterocycles. The molecule has 0 unspecified atom stereocenters. The molecule has 2 fully saturated rings. The third kappa shape index (κ3) is 3.58. The van der Waals surface area contributed by atoms with Crippen molar-refractivity contribution >= 4 is 6.03 Å². The van der Waals surface area contributed by atoms with Crippen LogP contribution in [0.15, 0.2) is 18.3 Å². The van der Waals surface area contributed by atoms with Gasteiger partial charge in [0, 0.05) is 44.7 Å². The molecule has 0 saturated carbocycles. The van der Waals surface area contributed by atoms with Gasteiger partial charge in [-0.2, -0.15) is 0 Å². The van der Waals surface area contributed by atoms with E-state index in [-0.39, 0.29) is 6.03 Å². The summed E-state index contributed by atoms with van der Waals surface area (Å²) in [4.78, 5) is 18.6. The van der Waals surface area contributed by atoms with Crippen molar-refractivity contribution in [2.45, 2.75) is 39.2 Å². The number of likely N-dealkylation sites (tertiary alicyclic amines) is 1. The predicted octanol–water partition coefficient (Wildman–Crippen LogP) is 2.49. The lowest BCUT2D eigenvalue weighted by atomic mass is 9.74. The quantitative estimate of drug-likeness (QED) is 0.913. The SMILES string of the molecule is Cc1cc(CNC(=O)N2CCCC3(CCOCC3)C2)ccn1. The molecule has 3 rings (SSSR count). The Morgan fingerprint density at radius 1 is 1.41 bits per heavy atom. The first-order chi connectivity index (χ1) is 10.7. The van der Waals surface area contributed by atoms with Gasteiger partial charge in [-0.25, -0.2) is 4.79 Å². The molecule has 3 heterocycles. The fourth-order valence-electron chi connectivity index (χ4n) is 3.60. The Morgan fingerprint density at radius 3 is 3.00 bits per heavy atom. The first-order valence-electron chi connectivity index (χ1n) is 8.19. The molecule has 0 atom stereocenters. The monoisotopic (exact) mass is 303 g/mol. The molecule has 0 aromatic carbocycles. The predicted molar refractivity (Wildman–Crippen MR) is 84.5 cm³/mol. The summed E-state index contributed by atoms with van der Waals surface area (Å²) in [5, 5.41) is 3.05. The maximum Gasteiger partial charge on any atom is 0.317 e. The first kappa shape index (κ1) is 15.3. The molecule has 2 aliphatic heterocycles. The zero-order chi connectivity index (χ0) is 15.4. The van der Waals surface area contributed by atoms with Crippen LogP contribution < -0.4 is 5.32 Å². The summed E-state index contributed by atoms with van der Waals surface area (Å²) in [6.07, 6.45) is 6.28. The minimum atomic E-state index is 0.0556. The second kappa shape index (κ2) is 6.65. The smallest absolute Gasteiger partial charge is 0.317 e. The Balaban J connectivity index is 1.55. The minimum absolute atomic E-state index is 0.0556. The highest BCUT2D eigenvalue weighted by atomic mass is 16.5. The van der Waals surface area contributed by atoms with Crippen LogP contribution in [0.4, 0.5) is 4.79 Å². The fraction of sp³-hybridized carbons (Fsp3) is 0.647. The van der Waals surface area contributed by atoms with E-state index in [1.165, 1.54) is 6.42 Å². The van der Waals surface area contributed by atoms with E-state index in [0.29, 0.717) is 12.0 Å². The van der Waals surface area contributed by atoms with Crippen molar-refractivity contribution in [2.75, 3.05) is 26.3 Å². The summed E-state index contributed by atoms with van der Waals surface area (Å²) in [5.41, 5.74) is 2.37. The van der Waals surface area contributed by atoms with Gasteiger partial charge in [-0.15, -0.1) is 0 Å². The Bertz CT molecular complexity index is 521. The Morgan fingerprint density at radius 2 is 2.23 bits per heavy atom. The van der Waals surface area contributed by atoms with Crippen LogP contribution in [0.2, 0.25) is 0 Å². The number of nitrogens with one attached hydrogen (secondary N) is 1. The average molecular weight is 303 g/mol. The first-order valence-corrected chi connectivity index (χ1v) is 8.19. The molecular formula is C17H25N3O2. The molecule has 2 amide bonds. The molecule has 2 saturated heterocycles. The maximum absolute atomic E-state index is 12.5. The van der Waals surface area contributed by atoms with Gasteiger partial charge in [0.05, 0.1) is 0 Å². The lowest BCUT2D eigenvalue weighted by molar-refractivity contribution is -0.0186. The summed E-state index contributed by atoms with van der Waals surface area (Å²) in [5.74, 6) is 0. The van der Waals surface area contributed by atoms with Crippen molar-refractivity contribution in [1.82, 2.24) is 15.2 Å². The van der Waals surface area contributed by atoms with Crippen LogP contribution in [0.1, 0.15) is 36.9 Å². The summed E-state index contributed by atoms with van der Waals surface area (Å²) >= 11 is 0. The molecule has 5 heteroatoms. The average Bonchev–Trinajstić information content (AvgIpc) is 2.53. The third-order valence-corrected chi connectivity index (χ3v) is 4.91. The number of pyridine rings is 1. The van der Waals surface area contributed by atoms with E-state index in [2.05, 4.69) is 10.3 Å². The number of urea groups is 1. The lowest BCUT2D eigenvalue weighted by Crippen LogP contribution is -2.51. The largest absolute Gasteiger partial charge is 0.381 e. The van der Waals surface area contributed by atoms with Gasteiger partial charge in [-0.05, 0) is 55.7 Å². The van der Waals surface area contributed by atoms with Crippen LogP contribution in [-0.2, 0) is 11.3 Å². The number of hydrogen-bond acceptors (Lipinski definition) is 3. The maximum atomic E-state index is 12.5.